The van der Waals surface area contributed by atoms with Crippen LogP contribution in [0.5, 0.6) is 0 Å². The summed E-state index contributed by atoms with van der Waals surface area (Å²) in [5.74, 6) is -0.571. The molecule has 0 aromatic rings. The van der Waals surface area contributed by atoms with Gasteiger partial charge in [0.1, 0.15) is 18.3 Å². The molecule has 4 unspecified atom stereocenters. The molecular formula is C10H18O5. The lowest BCUT2D eigenvalue weighted by molar-refractivity contribution is -0.248. The van der Waals surface area contributed by atoms with Crippen LogP contribution in [0.25, 0.3) is 0 Å². The van der Waals surface area contributed by atoms with Crippen LogP contribution in [0.3, 0.4) is 0 Å². The molecular weight excluding hydrogens is 200 g/mol. The van der Waals surface area contributed by atoms with Crippen molar-refractivity contribution in [3.63, 3.8) is 0 Å². The molecule has 0 amide bonds. The Kier molecular flexibility index (Phi) is 3.00. The average Bonchev–Trinajstić information content (AvgIpc) is 2.50. The second kappa shape index (κ2) is 3.99. The van der Waals surface area contributed by atoms with Crippen LogP contribution in [-0.4, -0.2) is 51.2 Å². The van der Waals surface area contributed by atoms with Crippen LogP contribution in [0.4, 0.5) is 0 Å². The maximum Gasteiger partial charge on any atom is 0.186 e. The second-order valence-electron chi connectivity index (χ2n) is 4.28. The molecule has 0 bridgehead atoms. The number of ether oxygens (including phenoxy) is 5. The minimum absolute atomic E-state index is 0.0728. The van der Waals surface area contributed by atoms with Crippen LogP contribution in [0.15, 0.2) is 0 Å². The largest absolute Gasteiger partial charge is 0.373 e. The lowest BCUT2D eigenvalue weighted by atomic mass is 10.1. The van der Waals surface area contributed by atoms with Crippen molar-refractivity contribution in [2.24, 2.45) is 0 Å². The van der Waals surface area contributed by atoms with E-state index in [4.69, 9.17) is 23.7 Å². The van der Waals surface area contributed by atoms with Crippen molar-refractivity contribution < 1.29 is 23.7 Å². The zero-order valence-corrected chi connectivity index (χ0v) is 9.56. The van der Waals surface area contributed by atoms with Crippen molar-refractivity contribution in [3.8, 4) is 0 Å². The van der Waals surface area contributed by atoms with E-state index >= 15 is 0 Å². The summed E-state index contributed by atoms with van der Waals surface area (Å²) < 4.78 is 27.5. The zero-order valence-electron chi connectivity index (χ0n) is 9.56. The number of methoxy groups -OCH3 is 2. The first-order valence-corrected chi connectivity index (χ1v) is 5.10. The van der Waals surface area contributed by atoms with E-state index in [1.54, 1.807) is 14.2 Å². The van der Waals surface area contributed by atoms with E-state index in [1.165, 1.54) is 0 Å². The van der Waals surface area contributed by atoms with Crippen LogP contribution in [-0.2, 0) is 23.7 Å². The van der Waals surface area contributed by atoms with Crippen LogP contribution < -0.4 is 0 Å². The molecule has 2 aliphatic heterocycles. The molecule has 0 aromatic carbocycles. The summed E-state index contributed by atoms with van der Waals surface area (Å²) in [4.78, 5) is 0. The van der Waals surface area contributed by atoms with Crippen molar-refractivity contribution >= 4 is 0 Å². The number of hydrogen-bond donors (Lipinski definition) is 0. The van der Waals surface area contributed by atoms with E-state index in [1.807, 2.05) is 13.8 Å². The molecule has 88 valence electrons. The monoisotopic (exact) mass is 218 g/mol. The van der Waals surface area contributed by atoms with Crippen molar-refractivity contribution in [1.82, 2.24) is 0 Å². The smallest absolute Gasteiger partial charge is 0.186 e. The highest BCUT2D eigenvalue weighted by Gasteiger charge is 2.51. The van der Waals surface area contributed by atoms with E-state index in [0.29, 0.717) is 6.61 Å². The van der Waals surface area contributed by atoms with Gasteiger partial charge in [0, 0.05) is 14.2 Å². The van der Waals surface area contributed by atoms with Gasteiger partial charge in [0.05, 0.1) is 6.61 Å². The molecule has 2 aliphatic rings. The van der Waals surface area contributed by atoms with E-state index < -0.39 is 5.79 Å². The summed E-state index contributed by atoms with van der Waals surface area (Å²) in [6.45, 7) is 4.26. The highest BCUT2D eigenvalue weighted by atomic mass is 16.8. The minimum atomic E-state index is -0.571. The van der Waals surface area contributed by atoms with E-state index in [2.05, 4.69) is 0 Å². The van der Waals surface area contributed by atoms with Crippen LogP contribution in [0, 0.1) is 0 Å². The van der Waals surface area contributed by atoms with Gasteiger partial charge in [-0.15, -0.1) is 0 Å². The Hall–Kier alpha value is -0.200. The molecule has 2 saturated heterocycles. The van der Waals surface area contributed by atoms with Gasteiger partial charge in [-0.25, -0.2) is 0 Å². The standard InChI is InChI=1S/C10H18O5/c1-10(2)14-6-5-13-9(12-4)8(11-3)7(6)15-10/h6-9H,5H2,1-4H3. The Morgan fingerprint density at radius 3 is 2.47 bits per heavy atom. The molecule has 0 radical (unpaired) electrons. The molecule has 0 spiro atoms. The normalized spacial score (nSPS) is 44.0. The van der Waals surface area contributed by atoms with Gasteiger partial charge in [0.15, 0.2) is 12.1 Å². The lowest BCUT2D eigenvalue weighted by Gasteiger charge is -2.35. The van der Waals surface area contributed by atoms with Gasteiger partial charge in [-0.05, 0) is 13.8 Å². The third-order valence-electron chi connectivity index (χ3n) is 2.74. The average molecular weight is 218 g/mol. The predicted octanol–water partition coefficient (Wildman–Crippen LogP) is 0.524. The Labute approximate surface area is 89.6 Å². The Morgan fingerprint density at radius 1 is 1.13 bits per heavy atom. The molecule has 0 aromatic heterocycles. The summed E-state index contributed by atoms with van der Waals surface area (Å²) in [7, 11) is 3.22. The fourth-order valence-electron chi connectivity index (χ4n) is 2.16. The van der Waals surface area contributed by atoms with Crippen molar-refractivity contribution in [1.29, 1.82) is 0 Å². The zero-order chi connectivity index (χ0) is 11.1. The molecule has 2 fully saturated rings. The van der Waals surface area contributed by atoms with E-state index in [0.717, 1.165) is 0 Å². The minimum Gasteiger partial charge on any atom is -0.373 e. The molecule has 0 saturated carbocycles. The summed E-state index contributed by atoms with van der Waals surface area (Å²) >= 11 is 0. The van der Waals surface area contributed by atoms with E-state index in [-0.39, 0.29) is 24.6 Å². The number of rotatable bonds is 2. The molecule has 0 N–H and O–H groups in total. The van der Waals surface area contributed by atoms with Gasteiger partial charge in [0.2, 0.25) is 0 Å². The highest BCUT2D eigenvalue weighted by Crippen LogP contribution is 2.35. The van der Waals surface area contributed by atoms with Gasteiger partial charge in [-0.2, -0.15) is 0 Å². The summed E-state index contributed by atoms with van der Waals surface area (Å²) in [6, 6.07) is 0. The Morgan fingerprint density at radius 2 is 1.87 bits per heavy atom. The maximum atomic E-state index is 5.78. The quantitative estimate of drug-likeness (QED) is 0.676. The predicted molar refractivity (Wildman–Crippen MR) is 51.4 cm³/mol. The molecule has 2 rings (SSSR count). The fourth-order valence-corrected chi connectivity index (χ4v) is 2.16. The Bertz CT molecular complexity index is 230. The molecule has 5 nitrogen and oxygen atoms in total. The summed E-state index contributed by atoms with van der Waals surface area (Å²) in [5.41, 5.74) is 0. The van der Waals surface area contributed by atoms with Crippen LogP contribution in [0.2, 0.25) is 0 Å². The second-order valence-corrected chi connectivity index (χ2v) is 4.28. The number of hydrogen-bond acceptors (Lipinski definition) is 5. The topological polar surface area (TPSA) is 46.2 Å². The summed E-state index contributed by atoms with van der Waals surface area (Å²) in [6.07, 6.45) is -0.815. The van der Waals surface area contributed by atoms with Gasteiger partial charge < -0.3 is 23.7 Å². The third kappa shape index (κ3) is 2.03. The summed E-state index contributed by atoms with van der Waals surface area (Å²) in [5, 5.41) is 0. The van der Waals surface area contributed by atoms with Crippen LogP contribution >= 0.6 is 0 Å². The molecule has 15 heavy (non-hydrogen) atoms. The highest BCUT2D eigenvalue weighted by molar-refractivity contribution is 4.92. The van der Waals surface area contributed by atoms with Crippen LogP contribution in [0.1, 0.15) is 13.8 Å². The Balaban J connectivity index is 2.11. The van der Waals surface area contributed by atoms with Gasteiger partial charge in [-0.3, -0.25) is 0 Å². The molecule has 0 aliphatic carbocycles. The first-order chi connectivity index (χ1) is 7.07. The first kappa shape index (κ1) is 11.3. The first-order valence-electron chi connectivity index (χ1n) is 5.10. The maximum absolute atomic E-state index is 5.78. The fraction of sp³-hybridized carbons (Fsp3) is 1.00. The van der Waals surface area contributed by atoms with Gasteiger partial charge >= 0.3 is 0 Å². The van der Waals surface area contributed by atoms with Gasteiger partial charge in [-0.1, -0.05) is 0 Å². The molecule has 5 heteroatoms. The molecule has 4 atom stereocenters. The third-order valence-corrected chi connectivity index (χ3v) is 2.74. The van der Waals surface area contributed by atoms with Crippen molar-refractivity contribution in [3.05, 3.63) is 0 Å². The molecule has 2 heterocycles. The number of fused-ring (bicyclic) bond motifs is 1. The van der Waals surface area contributed by atoms with Crippen molar-refractivity contribution in [2.75, 3.05) is 20.8 Å². The lowest BCUT2D eigenvalue weighted by Crippen LogP contribution is -2.53. The van der Waals surface area contributed by atoms with Gasteiger partial charge in [0.25, 0.3) is 0 Å². The van der Waals surface area contributed by atoms with E-state index in [9.17, 15) is 0 Å². The SMILES string of the molecule is COC1OCC2OC(C)(C)OC2C1OC. The van der Waals surface area contributed by atoms with Crippen molar-refractivity contribution in [2.45, 2.75) is 44.2 Å².